The van der Waals surface area contributed by atoms with Crippen LogP contribution in [0.2, 0.25) is 0 Å². The molecular formula is C62H44N2. The fourth-order valence-corrected chi connectivity index (χ4v) is 10.1. The first-order valence-corrected chi connectivity index (χ1v) is 22.3. The average Bonchev–Trinajstić information content (AvgIpc) is 3.72. The molecule has 1 aromatic heterocycles. The minimum Gasteiger partial charge on any atom is -0.314 e. The Morgan fingerprint density at radius 2 is 1.03 bits per heavy atom. The zero-order valence-electron chi connectivity index (χ0n) is 35.4. The largest absolute Gasteiger partial charge is 0.314 e. The highest BCUT2D eigenvalue weighted by atomic mass is 15.1. The Balaban J connectivity index is 1.00. The maximum Gasteiger partial charge on any atom is 0.0547 e. The molecule has 0 saturated carbocycles. The first-order valence-electron chi connectivity index (χ1n) is 22.3. The van der Waals surface area contributed by atoms with E-state index in [1.54, 1.807) is 0 Å². The summed E-state index contributed by atoms with van der Waals surface area (Å²) >= 11 is 0. The van der Waals surface area contributed by atoms with Gasteiger partial charge in [-0.25, -0.2) is 0 Å². The second-order valence-electron chi connectivity index (χ2n) is 16.8. The summed E-state index contributed by atoms with van der Waals surface area (Å²) in [5, 5.41) is 7.67. The highest BCUT2D eigenvalue weighted by Gasteiger charge is 2.24. The molecule has 1 unspecified atom stereocenters. The van der Waals surface area contributed by atoms with E-state index < -0.39 is 0 Å². The second kappa shape index (κ2) is 15.9. The maximum absolute atomic E-state index is 2.48. The van der Waals surface area contributed by atoms with Gasteiger partial charge in [0.15, 0.2) is 0 Å². The third-order valence-electron chi connectivity index (χ3n) is 13.1. The van der Waals surface area contributed by atoms with Crippen LogP contribution in [0.5, 0.6) is 0 Å². The SMILES string of the molecule is C1=CC(c2cccc3ccccc23)CC(N(c2ccc(-c3ccccc3)cc2)c2ccc(-c3cccc(-n4c5ccccc5c5c6ccccc6ccc54)c3)c(-c3ccccc3)c2)=C1. The third-order valence-corrected chi connectivity index (χ3v) is 13.1. The van der Waals surface area contributed by atoms with Gasteiger partial charge in [0.25, 0.3) is 0 Å². The molecule has 0 bridgehead atoms. The van der Waals surface area contributed by atoms with Gasteiger partial charge in [-0.1, -0.05) is 194 Å². The van der Waals surface area contributed by atoms with Crippen molar-refractivity contribution in [1.82, 2.24) is 4.57 Å². The standard InChI is InChI=1S/C62H44N2/c1-3-16-43(17-4-1)44-32-35-50(36-33-44)63(51-25-13-23-48(40-51)55-30-15-22-45-20-7-9-27-54(45)55)53-37-38-56(59(42-53)46-18-5-2-6-19-46)49-24-14-26-52(41-49)64-60-31-12-11-29-58(60)62-57-28-10-8-21-47(57)34-39-61(62)64/h1-39,41-42,48H,40H2. The van der Waals surface area contributed by atoms with E-state index in [2.05, 4.69) is 258 Å². The van der Waals surface area contributed by atoms with Gasteiger partial charge in [0.05, 0.1) is 11.0 Å². The Kier molecular flexibility index (Phi) is 9.34. The van der Waals surface area contributed by atoms with Gasteiger partial charge >= 0.3 is 0 Å². The molecule has 0 N–H and O–H groups in total. The molecular weight excluding hydrogens is 773 g/mol. The van der Waals surface area contributed by atoms with Gasteiger partial charge in [0.1, 0.15) is 0 Å². The van der Waals surface area contributed by atoms with Crippen molar-refractivity contribution in [3.05, 3.63) is 260 Å². The van der Waals surface area contributed by atoms with Crippen molar-refractivity contribution in [2.45, 2.75) is 12.3 Å². The van der Waals surface area contributed by atoms with Crippen molar-refractivity contribution in [2.24, 2.45) is 0 Å². The van der Waals surface area contributed by atoms with Crippen molar-refractivity contribution in [3.63, 3.8) is 0 Å². The first kappa shape index (κ1) is 37.6. The summed E-state index contributed by atoms with van der Waals surface area (Å²) in [6.07, 6.45) is 7.80. The summed E-state index contributed by atoms with van der Waals surface area (Å²) in [5.74, 6) is 0.228. The Morgan fingerprint density at radius 3 is 1.84 bits per heavy atom. The highest BCUT2D eigenvalue weighted by Crippen LogP contribution is 2.44. The molecule has 11 aromatic rings. The van der Waals surface area contributed by atoms with Crippen LogP contribution in [0.1, 0.15) is 17.9 Å². The third kappa shape index (κ3) is 6.60. The Morgan fingerprint density at radius 1 is 0.406 bits per heavy atom. The summed E-state index contributed by atoms with van der Waals surface area (Å²) in [6, 6.07) is 84.3. The lowest BCUT2D eigenvalue weighted by atomic mass is 9.86. The van der Waals surface area contributed by atoms with Crippen LogP contribution in [-0.2, 0) is 0 Å². The van der Waals surface area contributed by atoms with Crippen molar-refractivity contribution in [1.29, 1.82) is 0 Å². The molecule has 1 atom stereocenters. The fourth-order valence-electron chi connectivity index (χ4n) is 10.1. The number of para-hydroxylation sites is 1. The molecule has 0 aliphatic heterocycles. The van der Waals surface area contributed by atoms with Gasteiger partial charge in [-0.05, 0) is 122 Å². The van der Waals surface area contributed by atoms with Crippen LogP contribution < -0.4 is 4.90 Å². The average molecular weight is 817 g/mol. The summed E-state index contributed by atoms with van der Waals surface area (Å²) in [5.41, 5.74) is 15.6. The van der Waals surface area contributed by atoms with Crippen LogP contribution in [0, 0.1) is 0 Å². The van der Waals surface area contributed by atoms with Crippen LogP contribution >= 0.6 is 0 Å². The highest BCUT2D eigenvalue weighted by molar-refractivity contribution is 6.21. The fraction of sp³-hybridized carbons (Fsp3) is 0.0323. The van der Waals surface area contributed by atoms with E-state index in [0.29, 0.717) is 0 Å². The van der Waals surface area contributed by atoms with E-state index in [1.807, 2.05) is 0 Å². The minimum absolute atomic E-state index is 0.228. The molecule has 302 valence electrons. The number of allylic oxidation sites excluding steroid dienone is 4. The normalized spacial score (nSPS) is 13.8. The van der Waals surface area contributed by atoms with E-state index in [9.17, 15) is 0 Å². The van der Waals surface area contributed by atoms with Gasteiger partial charge in [-0.15, -0.1) is 0 Å². The predicted molar refractivity (Wildman–Crippen MR) is 272 cm³/mol. The molecule has 0 spiro atoms. The lowest BCUT2D eigenvalue weighted by molar-refractivity contribution is 0.800. The molecule has 0 amide bonds. The van der Waals surface area contributed by atoms with Crippen LogP contribution in [0.3, 0.4) is 0 Å². The molecule has 10 aromatic carbocycles. The molecule has 1 heterocycles. The number of anilines is 2. The van der Waals surface area contributed by atoms with Gasteiger partial charge < -0.3 is 9.47 Å². The zero-order chi connectivity index (χ0) is 42.4. The van der Waals surface area contributed by atoms with Gasteiger partial charge in [0.2, 0.25) is 0 Å². The Labute approximate surface area is 373 Å². The summed E-state index contributed by atoms with van der Waals surface area (Å²) < 4.78 is 2.44. The van der Waals surface area contributed by atoms with Gasteiger partial charge in [-0.3, -0.25) is 0 Å². The number of aromatic nitrogens is 1. The molecule has 12 rings (SSSR count). The molecule has 0 radical (unpaired) electrons. The molecule has 2 nitrogen and oxygen atoms in total. The predicted octanol–water partition coefficient (Wildman–Crippen LogP) is 16.9. The van der Waals surface area contributed by atoms with Crippen molar-refractivity contribution in [3.8, 4) is 39.1 Å². The van der Waals surface area contributed by atoms with Crippen molar-refractivity contribution < 1.29 is 0 Å². The van der Waals surface area contributed by atoms with Crippen LogP contribution in [0.25, 0.3) is 82.4 Å². The molecule has 0 saturated heterocycles. The van der Waals surface area contributed by atoms with Crippen molar-refractivity contribution >= 4 is 54.7 Å². The Bertz CT molecular complexity index is 3570. The summed E-state index contributed by atoms with van der Waals surface area (Å²) in [4.78, 5) is 2.48. The van der Waals surface area contributed by atoms with E-state index in [4.69, 9.17) is 0 Å². The van der Waals surface area contributed by atoms with Crippen LogP contribution in [0.15, 0.2) is 254 Å². The number of nitrogens with zero attached hydrogens (tertiary/aromatic N) is 2. The van der Waals surface area contributed by atoms with Crippen LogP contribution in [-0.4, -0.2) is 4.57 Å². The second-order valence-corrected chi connectivity index (χ2v) is 16.8. The number of benzene rings is 10. The molecule has 64 heavy (non-hydrogen) atoms. The molecule has 2 heteroatoms. The van der Waals surface area contributed by atoms with Crippen LogP contribution in [0.4, 0.5) is 11.4 Å². The van der Waals surface area contributed by atoms with E-state index in [1.165, 1.54) is 88.0 Å². The Hall–Kier alpha value is -8.20. The number of hydrogen-bond acceptors (Lipinski definition) is 1. The topological polar surface area (TPSA) is 8.17 Å². The summed E-state index contributed by atoms with van der Waals surface area (Å²) in [6.45, 7) is 0. The maximum atomic E-state index is 2.48. The lowest BCUT2D eigenvalue weighted by Crippen LogP contribution is -2.20. The van der Waals surface area contributed by atoms with Gasteiger partial charge in [0, 0.05) is 39.4 Å². The van der Waals surface area contributed by atoms with E-state index in [0.717, 1.165) is 23.5 Å². The number of rotatable bonds is 8. The molecule has 1 aliphatic rings. The number of hydrogen-bond donors (Lipinski definition) is 0. The molecule has 0 fully saturated rings. The van der Waals surface area contributed by atoms with E-state index >= 15 is 0 Å². The van der Waals surface area contributed by atoms with Crippen molar-refractivity contribution in [2.75, 3.05) is 4.90 Å². The molecule has 1 aliphatic carbocycles. The zero-order valence-corrected chi connectivity index (χ0v) is 35.4. The van der Waals surface area contributed by atoms with Gasteiger partial charge in [-0.2, -0.15) is 0 Å². The smallest absolute Gasteiger partial charge is 0.0547 e. The van der Waals surface area contributed by atoms with E-state index in [-0.39, 0.29) is 5.92 Å². The summed E-state index contributed by atoms with van der Waals surface area (Å²) in [7, 11) is 0. The quantitative estimate of drug-likeness (QED) is 0.148. The lowest BCUT2D eigenvalue weighted by Gasteiger charge is -2.32. The first-order chi connectivity index (χ1) is 31.7. The monoisotopic (exact) mass is 816 g/mol. The minimum atomic E-state index is 0.228. The number of fused-ring (bicyclic) bond motifs is 6.